The van der Waals surface area contributed by atoms with Crippen LogP contribution in [0.3, 0.4) is 0 Å². The second-order valence-electron chi connectivity index (χ2n) is 19.7. The molecule has 0 aliphatic carbocycles. The fraction of sp³-hybridized carbons (Fsp3) is 0.909. The number of nitrogens with one attached hydrogen (secondary N) is 4. The van der Waals surface area contributed by atoms with Gasteiger partial charge in [-0.3, -0.25) is 19.2 Å². The molecule has 6 rings (SSSR count). The molecule has 6 fully saturated rings. The normalized spacial score (nSPS) is 46.7. The molecule has 0 bridgehead atoms. The molecule has 20 N–H and O–H groups in total. The predicted molar refractivity (Wildman–Crippen MR) is 246 cm³/mol. The Morgan fingerprint density at radius 3 is 1.03 bits per heavy atom. The molecule has 0 aromatic heterocycles. The van der Waals surface area contributed by atoms with Gasteiger partial charge in [0.1, 0.15) is 146 Å². The molecule has 0 radical (unpaired) electrons. The molecular formula is C44H74N4O31. The fourth-order valence-corrected chi connectivity index (χ4v) is 10.0. The summed E-state index contributed by atoms with van der Waals surface area (Å²) in [4.78, 5) is 48.9. The number of ether oxygens (including phenoxy) is 11. The van der Waals surface area contributed by atoms with Crippen molar-refractivity contribution in [3.8, 4) is 0 Å². The number of carbonyl (C=O) groups is 4. The third-order valence-electron chi connectivity index (χ3n) is 14.0. The highest BCUT2D eigenvalue weighted by molar-refractivity contribution is 5.74. The molecule has 0 spiro atoms. The summed E-state index contributed by atoms with van der Waals surface area (Å²) in [7, 11) is 0. The van der Waals surface area contributed by atoms with Gasteiger partial charge in [-0.25, -0.2) is 0 Å². The zero-order chi connectivity index (χ0) is 58.5. The summed E-state index contributed by atoms with van der Waals surface area (Å²) in [6, 6.07) is -6.41. The van der Waals surface area contributed by atoms with Crippen LogP contribution >= 0.6 is 0 Å². The third-order valence-corrected chi connectivity index (χ3v) is 14.0. The smallest absolute Gasteiger partial charge is 0.217 e. The van der Waals surface area contributed by atoms with Crippen molar-refractivity contribution in [3.63, 3.8) is 0 Å². The number of rotatable bonds is 20. The molecular weight excluding hydrogens is 1080 g/mol. The maximum Gasteiger partial charge on any atom is 0.217 e. The highest BCUT2D eigenvalue weighted by atomic mass is 16.8. The molecule has 456 valence electrons. The highest BCUT2D eigenvalue weighted by Gasteiger charge is 2.57. The average molecular weight is 1160 g/mol. The van der Waals surface area contributed by atoms with Gasteiger partial charge in [0, 0.05) is 27.7 Å². The van der Waals surface area contributed by atoms with Crippen molar-refractivity contribution >= 4 is 23.6 Å². The van der Waals surface area contributed by atoms with E-state index in [4.69, 9.17) is 52.1 Å². The molecule has 6 aliphatic rings. The quantitative estimate of drug-likeness (QED) is 0.0538. The van der Waals surface area contributed by atoms with Crippen LogP contribution in [-0.4, -0.2) is 329 Å². The van der Waals surface area contributed by atoms with Gasteiger partial charge < -0.3 is 155 Å². The fourth-order valence-electron chi connectivity index (χ4n) is 10.0. The Hall–Kier alpha value is -3.20. The number of amides is 4. The summed E-state index contributed by atoms with van der Waals surface area (Å²) in [5, 5.41) is 182. The third kappa shape index (κ3) is 14.8. The Labute approximate surface area is 448 Å². The van der Waals surface area contributed by atoms with Crippen molar-refractivity contribution in [2.45, 2.75) is 212 Å². The summed E-state index contributed by atoms with van der Waals surface area (Å²) in [6.45, 7) is -1.30. The maximum atomic E-state index is 12.6. The van der Waals surface area contributed by atoms with Crippen molar-refractivity contribution in [2.24, 2.45) is 0 Å². The van der Waals surface area contributed by atoms with Crippen LogP contribution in [0.2, 0.25) is 0 Å². The maximum absolute atomic E-state index is 12.6. The Morgan fingerprint density at radius 1 is 0.329 bits per heavy atom. The minimum Gasteiger partial charge on any atom is -0.394 e. The molecule has 4 amide bonds. The van der Waals surface area contributed by atoms with Crippen molar-refractivity contribution in [2.75, 3.05) is 39.6 Å². The predicted octanol–water partition coefficient (Wildman–Crippen LogP) is -13.5. The Balaban J connectivity index is 1.15. The monoisotopic (exact) mass is 1150 g/mol. The minimum atomic E-state index is -2.17. The van der Waals surface area contributed by atoms with Gasteiger partial charge in [0.15, 0.2) is 37.7 Å². The van der Waals surface area contributed by atoms with Gasteiger partial charge in [-0.05, 0) is 0 Å². The van der Waals surface area contributed by atoms with E-state index in [2.05, 4.69) is 21.3 Å². The molecule has 79 heavy (non-hydrogen) atoms. The number of hydrogen-bond acceptors (Lipinski definition) is 31. The van der Waals surface area contributed by atoms with E-state index in [1.165, 1.54) is 0 Å². The SMILES string of the molecule is CC(=O)N[C@@H]1[C@@H](O[C@@H]2O[C@H](CO)[C@H](O[C@H]3O[C@H](CO)[C@@H](O)[C@H](O)[C@H]3NC(C)=O)[C@H](O)[C@H]2O)[C@@H](O)[C@@H](CO[C@@H]2O[C@H](CO)[C@@H](O[C@@H]3O[C@H](CO)[C@H](O[C@H]4O[C@H](CO)[C@@H](O)[C@H](O)[C@H]4NC(C)=O)[C@H](O)[C@H]3O)[C@H](O)[C@H]2NC(C)=O)O[C@@H]1O. The van der Waals surface area contributed by atoms with E-state index >= 15 is 0 Å². The van der Waals surface area contributed by atoms with E-state index < -0.39 is 247 Å². The highest BCUT2D eigenvalue weighted by Crippen LogP contribution is 2.36. The Bertz CT molecular complexity index is 1990. The van der Waals surface area contributed by atoms with E-state index in [0.29, 0.717) is 0 Å². The van der Waals surface area contributed by atoms with Crippen LogP contribution in [0.5, 0.6) is 0 Å². The second-order valence-corrected chi connectivity index (χ2v) is 19.7. The van der Waals surface area contributed by atoms with Crippen LogP contribution in [0.15, 0.2) is 0 Å². The van der Waals surface area contributed by atoms with Crippen molar-refractivity contribution in [1.29, 1.82) is 0 Å². The summed E-state index contributed by atoms with van der Waals surface area (Å²) < 4.78 is 63.3. The first kappa shape index (κ1) is 65.0. The van der Waals surface area contributed by atoms with Gasteiger partial charge in [0.25, 0.3) is 0 Å². The lowest BCUT2D eigenvalue weighted by molar-refractivity contribution is -0.372. The van der Waals surface area contributed by atoms with Gasteiger partial charge in [0.2, 0.25) is 23.6 Å². The van der Waals surface area contributed by atoms with Crippen LogP contribution in [0, 0.1) is 0 Å². The first-order chi connectivity index (χ1) is 37.3. The van der Waals surface area contributed by atoms with E-state index in [-0.39, 0.29) is 0 Å². The molecule has 0 saturated carbocycles. The van der Waals surface area contributed by atoms with Crippen LogP contribution < -0.4 is 21.3 Å². The minimum absolute atomic E-state index is 0.718. The first-order valence-electron chi connectivity index (χ1n) is 25.1. The van der Waals surface area contributed by atoms with Crippen LogP contribution in [0.25, 0.3) is 0 Å². The molecule has 0 aromatic carbocycles. The summed E-state index contributed by atoms with van der Waals surface area (Å²) in [5.74, 6) is -3.05. The molecule has 6 saturated heterocycles. The number of aliphatic hydroxyl groups is 16. The number of aliphatic hydroxyl groups excluding tert-OH is 16. The van der Waals surface area contributed by atoms with E-state index in [0.717, 1.165) is 27.7 Å². The van der Waals surface area contributed by atoms with Gasteiger partial charge in [0.05, 0.1) is 39.6 Å². The number of carbonyl (C=O) groups excluding carboxylic acids is 4. The molecule has 6 aliphatic heterocycles. The number of hydrogen-bond donors (Lipinski definition) is 20. The molecule has 35 heteroatoms. The molecule has 0 aromatic rings. The Kier molecular flexibility index (Phi) is 23.3. The van der Waals surface area contributed by atoms with Gasteiger partial charge in [-0.1, -0.05) is 0 Å². The molecule has 30 atom stereocenters. The summed E-state index contributed by atoms with van der Waals surface area (Å²) in [5.41, 5.74) is 0. The first-order valence-corrected chi connectivity index (χ1v) is 25.1. The summed E-state index contributed by atoms with van der Waals surface area (Å²) in [6.07, 6.45) is -47.6. The second kappa shape index (κ2) is 28.4. The lowest BCUT2D eigenvalue weighted by atomic mass is 9.94. The zero-order valence-corrected chi connectivity index (χ0v) is 42.8. The molecule has 0 unspecified atom stereocenters. The molecule has 35 nitrogen and oxygen atoms in total. The van der Waals surface area contributed by atoms with Gasteiger partial charge in [-0.15, -0.1) is 0 Å². The largest absolute Gasteiger partial charge is 0.394 e. The zero-order valence-electron chi connectivity index (χ0n) is 42.8. The van der Waals surface area contributed by atoms with Crippen LogP contribution in [0.4, 0.5) is 0 Å². The van der Waals surface area contributed by atoms with Crippen LogP contribution in [0.1, 0.15) is 27.7 Å². The Morgan fingerprint density at radius 2 is 0.646 bits per heavy atom. The van der Waals surface area contributed by atoms with E-state index in [9.17, 15) is 101 Å². The lowest BCUT2D eigenvalue weighted by Gasteiger charge is -2.49. The van der Waals surface area contributed by atoms with Gasteiger partial charge >= 0.3 is 0 Å². The van der Waals surface area contributed by atoms with Crippen molar-refractivity contribution in [1.82, 2.24) is 21.3 Å². The van der Waals surface area contributed by atoms with Gasteiger partial charge in [-0.2, -0.15) is 0 Å². The van der Waals surface area contributed by atoms with Crippen molar-refractivity contribution in [3.05, 3.63) is 0 Å². The van der Waals surface area contributed by atoms with Crippen molar-refractivity contribution < 1.29 is 153 Å². The van der Waals surface area contributed by atoms with E-state index in [1.54, 1.807) is 0 Å². The summed E-state index contributed by atoms with van der Waals surface area (Å²) >= 11 is 0. The van der Waals surface area contributed by atoms with E-state index in [1.807, 2.05) is 0 Å². The lowest BCUT2D eigenvalue weighted by Crippen LogP contribution is -2.70. The topological polar surface area (TPSA) is 542 Å². The van der Waals surface area contributed by atoms with Crippen LogP contribution in [-0.2, 0) is 71.3 Å². The average Bonchev–Trinajstić information content (AvgIpc) is 3.49. The standard InChI is InChI=1S/C44H74N4O31/c1-11(54)45-21-28(61)25(58)15(5-49)71-41(21)76-36-18(8-52)74-43(33(66)31(36)64)78-35-17(7-51)73-40(23(30(35)63)47-13(3)56)69-10-20-27(60)38(24(39(68)70-20)48-14(4)57)79-44-34(67)32(65)37(19(9-53)75-44)77-42-22(46-12(2)55)29(62)26(59)16(6-50)72-42/h15-44,49-53,58-68H,5-10H2,1-4H3,(H,45,54)(H,46,55)(H,47,56)(H,48,57)/t15-,16-,17-,18-,19-,20-,21-,22-,23-,24-,25-,26-,27+,28-,29-,30-,31-,32-,33-,34-,35-,36+,37+,38-,39+,40-,41-,42-,43+,44+/m1/s1. The molecule has 6 heterocycles.